The zero-order valence-corrected chi connectivity index (χ0v) is 10.5. The maximum Gasteiger partial charge on any atom is 0.217 e. The van der Waals surface area contributed by atoms with Gasteiger partial charge in [-0.3, -0.25) is 4.79 Å². The highest BCUT2D eigenvalue weighted by molar-refractivity contribution is 5.73. The smallest absolute Gasteiger partial charge is 0.217 e. The van der Waals surface area contributed by atoms with E-state index in [4.69, 9.17) is 11.5 Å². The van der Waals surface area contributed by atoms with Crippen molar-refractivity contribution in [2.45, 2.75) is 70.6 Å². The minimum atomic E-state index is -0.167. The number of carbonyl (C=O) groups is 1. The van der Waals surface area contributed by atoms with Crippen LogP contribution >= 0.6 is 0 Å². The van der Waals surface area contributed by atoms with E-state index in [1.165, 1.54) is 51.4 Å². The summed E-state index contributed by atoms with van der Waals surface area (Å²) in [5.41, 5.74) is 10.5. The lowest BCUT2D eigenvalue weighted by Crippen LogP contribution is -2.09. The van der Waals surface area contributed by atoms with Crippen molar-refractivity contribution in [3.05, 3.63) is 0 Å². The van der Waals surface area contributed by atoms with Gasteiger partial charge in [0, 0.05) is 6.42 Å². The highest BCUT2D eigenvalue weighted by Gasteiger charge is 1.95. The number of unbranched alkanes of at least 4 members (excludes halogenated alkanes) is 9. The van der Waals surface area contributed by atoms with E-state index < -0.39 is 0 Å². The molecule has 4 N–H and O–H groups in total. The molecule has 0 spiro atoms. The first-order valence-corrected chi connectivity index (χ1v) is 6.75. The van der Waals surface area contributed by atoms with Crippen molar-refractivity contribution >= 4 is 5.91 Å². The predicted octanol–water partition coefficient (Wildman–Crippen LogP) is 2.72. The highest BCUT2D eigenvalue weighted by atomic mass is 16.1. The fourth-order valence-corrected chi connectivity index (χ4v) is 1.86. The molecule has 0 atom stereocenters. The standard InChI is InChI=1S/C13H28N2O/c14-12-10-8-6-4-2-1-3-5-7-9-11-13(15)16/h1-12,14H2,(H2,15,16). The molecule has 96 valence electrons. The molecule has 0 aromatic carbocycles. The fraction of sp³-hybridized carbons (Fsp3) is 0.923. The monoisotopic (exact) mass is 228 g/mol. The van der Waals surface area contributed by atoms with Crippen LogP contribution in [0, 0.1) is 0 Å². The summed E-state index contributed by atoms with van der Waals surface area (Å²) in [5.74, 6) is -0.167. The molecule has 0 aromatic heterocycles. The van der Waals surface area contributed by atoms with Gasteiger partial charge in [0.2, 0.25) is 5.91 Å². The molecule has 16 heavy (non-hydrogen) atoms. The van der Waals surface area contributed by atoms with Crippen molar-refractivity contribution in [1.82, 2.24) is 0 Å². The zero-order chi connectivity index (χ0) is 12.1. The van der Waals surface area contributed by atoms with E-state index in [1.54, 1.807) is 0 Å². The van der Waals surface area contributed by atoms with Crippen molar-refractivity contribution in [2.24, 2.45) is 11.5 Å². The second kappa shape index (κ2) is 12.5. The Morgan fingerprint density at radius 3 is 1.44 bits per heavy atom. The molecular formula is C13H28N2O. The van der Waals surface area contributed by atoms with Crippen LogP contribution in [0.2, 0.25) is 0 Å². The summed E-state index contributed by atoms with van der Waals surface area (Å²) in [4.78, 5) is 10.5. The molecular weight excluding hydrogens is 200 g/mol. The summed E-state index contributed by atoms with van der Waals surface area (Å²) in [6.45, 7) is 0.833. The largest absolute Gasteiger partial charge is 0.370 e. The van der Waals surface area contributed by atoms with Gasteiger partial charge in [0.05, 0.1) is 0 Å². The summed E-state index contributed by atoms with van der Waals surface area (Å²) in [5, 5.41) is 0. The summed E-state index contributed by atoms with van der Waals surface area (Å²) in [7, 11) is 0. The third-order valence-electron chi connectivity index (χ3n) is 2.88. The van der Waals surface area contributed by atoms with Gasteiger partial charge in [-0.25, -0.2) is 0 Å². The second-order valence-corrected chi connectivity index (χ2v) is 4.54. The van der Waals surface area contributed by atoms with Crippen LogP contribution < -0.4 is 11.5 Å². The van der Waals surface area contributed by atoms with Crippen molar-refractivity contribution in [2.75, 3.05) is 6.54 Å². The Hall–Kier alpha value is -0.570. The summed E-state index contributed by atoms with van der Waals surface area (Å²) in [6, 6.07) is 0. The molecule has 0 rings (SSSR count). The van der Waals surface area contributed by atoms with Crippen LogP contribution in [0.3, 0.4) is 0 Å². The Bertz CT molecular complexity index is 160. The minimum Gasteiger partial charge on any atom is -0.370 e. The van der Waals surface area contributed by atoms with Gasteiger partial charge in [-0.05, 0) is 19.4 Å². The summed E-state index contributed by atoms with van der Waals surface area (Å²) >= 11 is 0. The molecule has 0 radical (unpaired) electrons. The van der Waals surface area contributed by atoms with Crippen LogP contribution in [0.1, 0.15) is 70.6 Å². The molecule has 0 heterocycles. The molecule has 0 aliphatic rings. The number of rotatable bonds is 12. The van der Waals surface area contributed by atoms with E-state index in [1.807, 2.05) is 0 Å². The first kappa shape index (κ1) is 15.4. The highest BCUT2D eigenvalue weighted by Crippen LogP contribution is 2.10. The number of nitrogens with two attached hydrogens (primary N) is 2. The SMILES string of the molecule is NCCCCCCCCCCCCC(N)=O. The number of carbonyl (C=O) groups excluding carboxylic acids is 1. The lowest BCUT2D eigenvalue weighted by Gasteiger charge is -2.01. The molecule has 0 aliphatic heterocycles. The Morgan fingerprint density at radius 1 is 0.688 bits per heavy atom. The molecule has 0 aliphatic carbocycles. The van der Waals surface area contributed by atoms with E-state index in [-0.39, 0.29) is 5.91 Å². The molecule has 3 heteroatoms. The van der Waals surface area contributed by atoms with E-state index >= 15 is 0 Å². The van der Waals surface area contributed by atoms with Gasteiger partial charge < -0.3 is 11.5 Å². The molecule has 3 nitrogen and oxygen atoms in total. The van der Waals surface area contributed by atoms with Crippen molar-refractivity contribution in [3.63, 3.8) is 0 Å². The second-order valence-electron chi connectivity index (χ2n) is 4.54. The topological polar surface area (TPSA) is 69.1 Å². The molecule has 0 fully saturated rings. The quantitative estimate of drug-likeness (QED) is 0.504. The molecule has 0 saturated carbocycles. The van der Waals surface area contributed by atoms with E-state index in [0.29, 0.717) is 6.42 Å². The molecule has 0 aromatic rings. The van der Waals surface area contributed by atoms with Crippen LogP contribution in [0.25, 0.3) is 0 Å². The first-order valence-electron chi connectivity index (χ1n) is 6.75. The summed E-state index contributed by atoms with van der Waals surface area (Å²) < 4.78 is 0. The predicted molar refractivity (Wildman–Crippen MR) is 69.0 cm³/mol. The third kappa shape index (κ3) is 13.4. The van der Waals surface area contributed by atoms with Crippen LogP contribution in [-0.4, -0.2) is 12.5 Å². The van der Waals surface area contributed by atoms with Gasteiger partial charge in [-0.2, -0.15) is 0 Å². The van der Waals surface area contributed by atoms with Gasteiger partial charge in [0.25, 0.3) is 0 Å². The number of primary amides is 1. The number of hydrogen-bond acceptors (Lipinski definition) is 2. The first-order chi connectivity index (χ1) is 7.77. The van der Waals surface area contributed by atoms with Crippen molar-refractivity contribution in [3.8, 4) is 0 Å². The number of amides is 1. The molecule has 0 unspecified atom stereocenters. The molecule has 0 saturated heterocycles. The van der Waals surface area contributed by atoms with E-state index in [0.717, 1.165) is 19.4 Å². The fourth-order valence-electron chi connectivity index (χ4n) is 1.86. The lowest BCUT2D eigenvalue weighted by atomic mass is 10.1. The van der Waals surface area contributed by atoms with Gasteiger partial charge in [-0.1, -0.05) is 51.4 Å². The van der Waals surface area contributed by atoms with Gasteiger partial charge in [-0.15, -0.1) is 0 Å². The normalized spacial score (nSPS) is 10.6. The van der Waals surface area contributed by atoms with Crippen LogP contribution in [0.5, 0.6) is 0 Å². The Kier molecular flexibility index (Phi) is 12.1. The summed E-state index contributed by atoms with van der Waals surface area (Å²) in [6.07, 6.45) is 13.0. The minimum absolute atomic E-state index is 0.167. The van der Waals surface area contributed by atoms with Gasteiger partial charge in [0.1, 0.15) is 0 Å². The maximum absolute atomic E-state index is 10.5. The molecule has 0 bridgehead atoms. The Balaban J connectivity index is 2.90. The Labute approximate surface area is 100.0 Å². The Morgan fingerprint density at radius 2 is 1.06 bits per heavy atom. The average molecular weight is 228 g/mol. The average Bonchev–Trinajstić information content (AvgIpc) is 2.25. The van der Waals surface area contributed by atoms with Crippen molar-refractivity contribution in [1.29, 1.82) is 0 Å². The van der Waals surface area contributed by atoms with Crippen LogP contribution in [-0.2, 0) is 4.79 Å². The maximum atomic E-state index is 10.5. The third-order valence-corrected chi connectivity index (χ3v) is 2.88. The number of hydrogen-bond donors (Lipinski definition) is 2. The van der Waals surface area contributed by atoms with Gasteiger partial charge in [0.15, 0.2) is 0 Å². The lowest BCUT2D eigenvalue weighted by molar-refractivity contribution is -0.118. The van der Waals surface area contributed by atoms with Crippen molar-refractivity contribution < 1.29 is 4.79 Å². The van der Waals surface area contributed by atoms with Crippen LogP contribution in [0.15, 0.2) is 0 Å². The molecule has 1 amide bonds. The van der Waals surface area contributed by atoms with Gasteiger partial charge >= 0.3 is 0 Å². The zero-order valence-electron chi connectivity index (χ0n) is 10.5. The van der Waals surface area contributed by atoms with Crippen LogP contribution in [0.4, 0.5) is 0 Å². The van der Waals surface area contributed by atoms with E-state index in [2.05, 4.69) is 0 Å². The van der Waals surface area contributed by atoms with E-state index in [9.17, 15) is 4.79 Å².